The van der Waals surface area contributed by atoms with Gasteiger partial charge in [-0.1, -0.05) is 11.6 Å². The number of halogens is 1. The van der Waals surface area contributed by atoms with E-state index in [0.29, 0.717) is 17.6 Å². The van der Waals surface area contributed by atoms with Gasteiger partial charge in [0.15, 0.2) is 0 Å². The predicted octanol–water partition coefficient (Wildman–Crippen LogP) is 1.88. The lowest BCUT2D eigenvalue weighted by Crippen LogP contribution is -2.22. The molecule has 1 unspecified atom stereocenters. The van der Waals surface area contributed by atoms with E-state index in [1.54, 1.807) is 6.92 Å². The molecule has 1 aromatic rings. The van der Waals surface area contributed by atoms with Crippen LogP contribution in [0.1, 0.15) is 20.3 Å². The third-order valence-corrected chi connectivity index (χ3v) is 1.97. The molecule has 1 aromatic heterocycles. The molecular weight excluding hydrogens is 230 g/mol. The van der Waals surface area contributed by atoms with Crippen LogP contribution in [-0.4, -0.2) is 28.6 Å². The second kappa shape index (κ2) is 6.27. The number of carbonyl (C=O) groups excluding carboxylic acids is 1. The number of carbonyl (C=O) groups is 1. The maximum atomic E-state index is 11.2. The molecule has 16 heavy (non-hydrogen) atoms. The van der Waals surface area contributed by atoms with E-state index in [1.807, 2.05) is 6.92 Å². The average molecular weight is 244 g/mol. The van der Waals surface area contributed by atoms with Crippen LogP contribution in [0.2, 0.25) is 5.02 Å². The molecular formula is C10H14ClN3O2. The molecule has 0 aliphatic heterocycles. The Hall–Kier alpha value is -1.36. The summed E-state index contributed by atoms with van der Waals surface area (Å²) in [6, 6.07) is -0.0831. The molecule has 0 amide bonds. The smallest absolute Gasteiger partial charge is 0.307 e. The summed E-state index contributed by atoms with van der Waals surface area (Å²) in [6.07, 6.45) is 3.27. The maximum Gasteiger partial charge on any atom is 0.307 e. The summed E-state index contributed by atoms with van der Waals surface area (Å²) >= 11 is 5.65. The molecule has 1 rings (SSSR count). The van der Waals surface area contributed by atoms with Crippen molar-refractivity contribution in [2.45, 2.75) is 26.3 Å². The lowest BCUT2D eigenvalue weighted by Gasteiger charge is -2.12. The summed E-state index contributed by atoms with van der Waals surface area (Å²) < 4.78 is 4.83. The zero-order valence-corrected chi connectivity index (χ0v) is 9.99. The van der Waals surface area contributed by atoms with Crippen LogP contribution in [0.15, 0.2) is 12.4 Å². The van der Waals surface area contributed by atoms with E-state index in [9.17, 15) is 4.79 Å². The van der Waals surface area contributed by atoms with Crippen LogP contribution in [0.5, 0.6) is 0 Å². The van der Waals surface area contributed by atoms with Gasteiger partial charge in [0.1, 0.15) is 0 Å². The molecule has 1 atom stereocenters. The first-order valence-corrected chi connectivity index (χ1v) is 5.39. The quantitative estimate of drug-likeness (QED) is 0.800. The lowest BCUT2D eigenvalue weighted by molar-refractivity contribution is -0.143. The molecule has 6 heteroatoms. The van der Waals surface area contributed by atoms with Crippen molar-refractivity contribution in [2.75, 3.05) is 11.9 Å². The molecule has 0 aromatic carbocycles. The standard InChI is InChI=1S/C10H14ClN3O2/c1-3-16-9(15)4-7(2)14-10-12-5-8(11)6-13-10/h5-7H,3-4H2,1-2H3,(H,12,13,14). The highest BCUT2D eigenvalue weighted by atomic mass is 35.5. The van der Waals surface area contributed by atoms with Crippen molar-refractivity contribution in [3.05, 3.63) is 17.4 Å². The Balaban J connectivity index is 2.42. The third kappa shape index (κ3) is 4.44. The summed E-state index contributed by atoms with van der Waals surface area (Å²) in [5.74, 6) is 0.206. The molecule has 0 bridgehead atoms. The highest BCUT2D eigenvalue weighted by Crippen LogP contribution is 2.07. The zero-order chi connectivity index (χ0) is 12.0. The Bertz CT molecular complexity index is 342. The van der Waals surface area contributed by atoms with Crippen LogP contribution >= 0.6 is 11.6 Å². The van der Waals surface area contributed by atoms with Crippen LogP contribution in [0.4, 0.5) is 5.95 Å². The van der Waals surface area contributed by atoms with E-state index in [4.69, 9.17) is 16.3 Å². The van der Waals surface area contributed by atoms with Crippen LogP contribution in [0, 0.1) is 0 Å². The van der Waals surface area contributed by atoms with E-state index in [2.05, 4.69) is 15.3 Å². The molecule has 88 valence electrons. The van der Waals surface area contributed by atoms with Gasteiger partial charge in [0, 0.05) is 6.04 Å². The van der Waals surface area contributed by atoms with E-state index < -0.39 is 0 Å². The number of aromatic nitrogens is 2. The van der Waals surface area contributed by atoms with Gasteiger partial charge in [-0.25, -0.2) is 9.97 Å². The fourth-order valence-electron chi connectivity index (χ4n) is 1.13. The molecule has 0 fully saturated rings. The zero-order valence-electron chi connectivity index (χ0n) is 9.24. The molecule has 0 spiro atoms. The van der Waals surface area contributed by atoms with Crippen molar-refractivity contribution in [1.29, 1.82) is 0 Å². The minimum Gasteiger partial charge on any atom is -0.466 e. The van der Waals surface area contributed by atoms with Crippen LogP contribution in [0.3, 0.4) is 0 Å². The monoisotopic (exact) mass is 243 g/mol. The van der Waals surface area contributed by atoms with Gasteiger partial charge in [-0.3, -0.25) is 4.79 Å². The van der Waals surface area contributed by atoms with Gasteiger partial charge in [-0.15, -0.1) is 0 Å². The van der Waals surface area contributed by atoms with Gasteiger partial charge in [0.05, 0.1) is 30.4 Å². The number of hydrogen-bond donors (Lipinski definition) is 1. The molecule has 5 nitrogen and oxygen atoms in total. The Labute approximate surface area is 99.2 Å². The largest absolute Gasteiger partial charge is 0.466 e. The van der Waals surface area contributed by atoms with Gasteiger partial charge in [-0.2, -0.15) is 0 Å². The molecule has 0 saturated carbocycles. The van der Waals surface area contributed by atoms with Crippen molar-refractivity contribution in [1.82, 2.24) is 9.97 Å². The number of nitrogens with zero attached hydrogens (tertiary/aromatic N) is 2. The van der Waals surface area contributed by atoms with Gasteiger partial charge in [0.25, 0.3) is 0 Å². The molecule has 0 radical (unpaired) electrons. The van der Waals surface area contributed by atoms with Crippen molar-refractivity contribution in [3.63, 3.8) is 0 Å². The Morgan fingerprint density at radius 1 is 1.56 bits per heavy atom. The van der Waals surface area contributed by atoms with Crippen molar-refractivity contribution < 1.29 is 9.53 Å². The van der Waals surface area contributed by atoms with E-state index in [-0.39, 0.29) is 18.4 Å². The van der Waals surface area contributed by atoms with Crippen LogP contribution in [-0.2, 0) is 9.53 Å². The van der Waals surface area contributed by atoms with Crippen LogP contribution in [0.25, 0.3) is 0 Å². The molecule has 0 saturated heterocycles. The molecule has 0 aliphatic rings. The Morgan fingerprint density at radius 3 is 2.75 bits per heavy atom. The molecule has 0 aliphatic carbocycles. The number of esters is 1. The summed E-state index contributed by atoms with van der Waals surface area (Å²) in [5, 5.41) is 3.45. The summed E-state index contributed by atoms with van der Waals surface area (Å²) in [4.78, 5) is 19.1. The number of rotatable bonds is 5. The van der Waals surface area contributed by atoms with Gasteiger partial charge in [-0.05, 0) is 13.8 Å². The maximum absolute atomic E-state index is 11.2. The number of hydrogen-bond acceptors (Lipinski definition) is 5. The Kier molecular flexibility index (Phi) is 4.98. The molecule has 1 heterocycles. The first kappa shape index (κ1) is 12.7. The normalized spacial score (nSPS) is 11.9. The summed E-state index contributed by atoms with van der Waals surface area (Å²) in [7, 11) is 0. The molecule has 1 N–H and O–H groups in total. The first-order chi connectivity index (χ1) is 7.61. The number of anilines is 1. The summed E-state index contributed by atoms with van der Waals surface area (Å²) in [6.45, 7) is 4.02. The second-order valence-electron chi connectivity index (χ2n) is 3.28. The van der Waals surface area contributed by atoms with Gasteiger partial charge < -0.3 is 10.1 Å². The minimum absolute atomic E-state index is 0.0831. The van der Waals surface area contributed by atoms with Crippen LogP contribution < -0.4 is 5.32 Å². The minimum atomic E-state index is -0.239. The predicted molar refractivity (Wildman–Crippen MR) is 61.4 cm³/mol. The van der Waals surface area contributed by atoms with Gasteiger partial charge in [0.2, 0.25) is 5.95 Å². The van der Waals surface area contributed by atoms with Crippen molar-refractivity contribution >= 4 is 23.5 Å². The van der Waals surface area contributed by atoms with E-state index >= 15 is 0 Å². The average Bonchev–Trinajstić information content (AvgIpc) is 2.21. The fraction of sp³-hybridized carbons (Fsp3) is 0.500. The highest BCUT2D eigenvalue weighted by molar-refractivity contribution is 6.30. The second-order valence-corrected chi connectivity index (χ2v) is 3.72. The fourth-order valence-corrected chi connectivity index (χ4v) is 1.23. The highest BCUT2D eigenvalue weighted by Gasteiger charge is 2.10. The number of nitrogens with one attached hydrogen (secondary N) is 1. The topological polar surface area (TPSA) is 64.1 Å². The first-order valence-electron chi connectivity index (χ1n) is 5.01. The van der Waals surface area contributed by atoms with Gasteiger partial charge >= 0.3 is 5.97 Å². The van der Waals surface area contributed by atoms with E-state index in [0.717, 1.165) is 0 Å². The van der Waals surface area contributed by atoms with E-state index in [1.165, 1.54) is 12.4 Å². The van der Waals surface area contributed by atoms with Crippen molar-refractivity contribution in [3.8, 4) is 0 Å². The number of ether oxygens (including phenoxy) is 1. The third-order valence-electron chi connectivity index (χ3n) is 1.77. The SMILES string of the molecule is CCOC(=O)CC(C)Nc1ncc(Cl)cn1. The van der Waals surface area contributed by atoms with Crippen molar-refractivity contribution in [2.24, 2.45) is 0 Å². The summed E-state index contributed by atoms with van der Waals surface area (Å²) in [5.41, 5.74) is 0. The lowest BCUT2D eigenvalue weighted by atomic mass is 10.2. The Morgan fingerprint density at radius 2 is 2.19 bits per heavy atom.